The summed E-state index contributed by atoms with van der Waals surface area (Å²) >= 11 is 1.40. The third-order valence-electron chi connectivity index (χ3n) is 1.71. The fourth-order valence-electron chi connectivity index (χ4n) is 1.15. The third kappa shape index (κ3) is 2.15. The van der Waals surface area contributed by atoms with E-state index in [0.717, 1.165) is 4.96 Å². The Balaban J connectivity index is 2.24. The van der Waals surface area contributed by atoms with Crippen molar-refractivity contribution in [3.8, 4) is 0 Å². The van der Waals surface area contributed by atoms with Crippen LogP contribution in [0.4, 0.5) is 0 Å². The van der Waals surface area contributed by atoms with Crippen LogP contribution in [0.5, 0.6) is 0 Å². The molecule has 2 rings (SSSR count). The molecule has 2 aromatic heterocycles. The van der Waals surface area contributed by atoms with E-state index < -0.39 is 0 Å². The molecule has 5 nitrogen and oxygen atoms in total. The number of carbonyl (C=O) groups is 1. The van der Waals surface area contributed by atoms with Crippen LogP contribution in [0.3, 0.4) is 0 Å². The monoisotopic (exact) mass is 224 g/mol. The second-order valence-corrected chi connectivity index (χ2v) is 5.11. The minimum Gasteiger partial charge on any atom is -0.346 e. The zero-order chi connectivity index (χ0) is 11.1. The zero-order valence-corrected chi connectivity index (χ0v) is 9.63. The van der Waals surface area contributed by atoms with Crippen molar-refractivity contribution in [3.63, 3.8) is 0 Å². The van der Waals surface area contributed by atoms with Gasteiger partial charge in [-0.2, -0.15) is 5.10 Å². The van der Waals surface area contributed by atoms with Crippen LogP contribution in [0, 0.1) is 0 Å². The second kappa shape index (κ2) is 3.30. The highest BCUT2D eigenvalue weighted by atomic mass is 32.1. The number of rotatable bonds is 1. The van der Waals surface area contributed by atoms with Gasteiger partial charge >= 0.3 is 0 Å². The van der Waals surface area contributed by atoms with E-state index in [2.05, 4.69) is 15.4 Å². The van der Waals surface area contributed by atoms with E-state index in [1.807, 2.05) is 20.8 Å². The molecule has 0 aliphatic rings. The molecule has 0 bridgehead atoms. The highest BCUT2D eigenvalue weighted by molar-refractivity contribution is 7.14. The van der Waals surface area contributed by atoms with Crippen molar-refractivity contribution >= 4 is 22.2 Å². The molecular formula is C9H12N4OS. The van der Waals surface area contributed by atoms with E-state index in [4.69, 9.17) is 0 Å². The van der Waals surface area contributed by atoms with Crippen molar-refractivity contribution in [1.29, 1.82) is 0 Å². The number of hydrogen-bond acceptors (Lipinski definition) is 4. The van der Waals surface area contributed by atoms with Gasteiger partial charge in [0.2, 0.25) is 4.96 Å². The number of nitrogens with zero attached hydrogens (tertiary/aromatic N) is 3. The lowest BCUT2D eigenvalue weighted by Crippen LogP contribution is -2.40. The van der Waals surface area contributed by atoms with Crippen LogP contribution in [-0.2, 0) is 0 Å². The lowest BCUT2D eigenvalue weighted by molar-refractivity contribution is 0.0915. The maximum atomic E-state index is 11.7. The zero-order valence-electron chi connectivity index (χ0n) is 8.81. The van der Waals surface area contributed by atoms with Crippen LogP contribution in [0.1, 0.15) is 31.3 Å². The maximum Gasteiger partial charge on any atom is 0.272 e. The molecule has 6 heteroatoms. The van der Waals surface area contributed by atoms with Gasteiger partial charge in [0.05, 0.1) is 6.20 Å². The van der Waals surface area contributed by atoms with Crippen LogP contribution in [0.25, 0.3) is 4.96 Å². The molecule has 0 saturated heterocycles. The van der Waals surface area contributed by atoms with Crippen LogP contribution in [-0.4, -0.2) is 26.0 Å². The SMILES string of the molecule is CC(C)(C)NC(=O)c1cn2ncsc2n1. The number of carbonyl (C=O) groups excluding carboxylic acids is 1. The number of amides is 1. The van der Waals surface area contributed by atoms with E-state index in [9.17, 15) is 4.79 Å². The predicted molar refractivity (Wildman–Crippen MR) is 58.1 cm³/mol. The van der Waals surface area contributed by atoms with E-state index in [1.165, 1.54) is 11.3 Å². The van der Waals surface area contributed by atoms with Crippen molar-refractivity contribution in [3.05, 3.63) is 17.4 Å². The van der Waals surface area contributed by atoms with Gasteiger partial charge in [-0.25, -0.2) is 9.50 Å². The maximum absolute atomic E-state index is 11.7. The average molecular weight is 224 g/mol. The molecule has 15 heavy (non-hydrogen) atoms. The molecule has 0 saturated carbocycles. The highest BCUT2D eigenvalue weighted by Gasteiger charge is 2.18. The Morgan fingerprint density at radius 3 is 2.87 bits per heavy atom. The fourth-order valence-corrected chi connectivity index (χ4v) is 1.75. The Labute approximate surface area is 91.1 Å². The second-order valence-electron chi connectivity index (χ2n) is 4.30. The van der Waals surface area contributed by atoms with Gasteiger partial charge in [0.1, 0.15) is 11.2 Å². The van der Waals surface area contributed by atoms with Crippen molar-refractivity contribution in [2.24, 2.45) is 0 Å². The first-order chi connectivity index (χ1) is 6.96. The topological polar surface area (TPSA) is 59.3 Å². The summed E-state index contributed by atoms with van der Waals surface area (Å²) < 4.78 is 1.60. The Hall–Kier alpha value is -1.43. The summed E-state index contributed by atoms with van der Waals surface area (Å²) in [5.74, 6) is -0.166. The standard InChI is InChI=1S/C9H12N4OS/c1-9(2,3)12-7(14)6-4-13-8(11-6)15-5-10-13/h4-5H,1-3H3,(H,12,14). The highest BCUT2D eigenvalue weighted by Crippen LogP contribution is 2.09. The van der Waals surface area contributed by atoms with E-state index in [0.29, 0.717) is 5.69 Å². The lowest BCUT2D eigenvalue weighted by atomic mass is 10.1. The molecule has 2 heterocycles. The van der Waals surface area contributed by atoms with Crippen LogP contribution in [0.15, 0.2) is 11.7 Å². The molecule has 1 N–H and O–H groups in total. The molecule has 2 aromatic rings. The van der Waals surface area contributed by atoms with Crippen LogP contribution in [0.2, 0.25) is 0 Å². The van der Waals surface area contributed by atoms with Crippen molar-refractivity contribution in [1.82, 2.24) is 19.9 Å². The number of aromatic nitrogens is 3. The Morgan fingerprint density at radius 1 is 1.53 bits per heavy atom. The first kappa shape index (κ1) is 10.1. The minimum absolute atomic E-state index is 0.166. The van der Waals surface area contributed by atoms with Gasteiger partial charge in [0, 0.05) is 5.54 Å². The summed E-state index contributed by atoms with van der Waals surface area (Å²) in [6, 6.07) is 0. The summed E-state index contributed by atoms with van der Waals surface area (Å²) in [4.78, 5) is 16.6. The van der Waals surface area contributed by atoms with Gasteiger partial charge < -0.3 is 5.32 Å². The number of hydrogen-bond donors (Lipinski definition) is 1. The summed E-state index contributed by atoms with van der Waals surface area (Å²) in [5, 5.41) is 6.86. The van der Waals surface area contributed by atoms with Crippen LogP contribution < -0.4 is 5.32 Å². The fraction of sp³-hybridized carbons (Fsp3) is 0.444. The molecule has 80 valence electrons. The van der Waals surface area contributed by atoms with Gasteiger partial charge in [-0.3, -0.25) is 4.79 Å². The van der Waals surface area contributed by atoms with Gasteiger partial charge in [-0.15, -0.1) is 0 Å². The van der Waals surface area contributed by atoms with E-state index >= 15 is 0 Å². The van der Waals surface area contributed by atoms with Gasteiger partial charge in [0.15, 0.2) is 0 Å². The number of fused-ring (bicyclic) bond motifs is 1. The largest absolute Gasteiger partial charge is 0.346 e. The molecule has 0 atom stereocenters. The predicted octanol–water partition coefficient (Wildman–Crippen LogP) is 1.32. The number of imidazole rings is 1. The smallest absolute Gasteiger partial charge is 0.272 e. The Kier molecular flexibility index (Phi) is 2.22. The van der Waals surface area contributed by atoms with E-state index in [-0.39, 0.29) is 11.4 Å². The quantitative estimate of drug-likeness (QED) is 0.794. The molecule has 0 unspecified atom stereocenters. The normalized spacial score (nSPS) is 11.9. The summed E-state index contributed by atoms with van der Waals surface area (Å²) in [6.07, 6.45) is 1.63. The summed E-state index contributed by atoms with van der Waals surface area (Å²) in [7, 11) is 0. The minimum atomic E-state index is -0.248. The van der Waals surface area contributed by atoms with Crippen molar-refractivity contribution in [2.75, 3.05) is 0 Å². The molecule has 0 fully saturated rings. The van der Waals surface area contributed by atoms with Gasteiger partial charge in [-0.05, 0) is 20.8 Å². The summed E-state index contributed by atoms with van der Waals surface area (Å²) in [5.41, 5.74) is 1.85. The molecular weight excluding hydrogens is 212 g/mol. The first-order valence-corrected chi connectivity index (χ1v) is 5.45. The van der Waals surface area contributed by atoms with Crippen molar-refractivity contribution < 1.29 is 4.79 Å². The van der Waals surface area contributed by atoms with Crippen molar-refractivity contribution in [2.45, 2.75) is 26.3 Å². The first-order valence-electron chi connectivity index (χ1n) is 4.57. The Morgan fingerprint density at radius 2 is 2.27 bits per heavy atom. The van der Waals surface area contributed by atoms with Crippen LogP contribution >= 0.6 is 11.3 Å². The third-order valence-corrected chi connectivity index (χ3v) is 2.40. The van der Waals surface area contributed by atoms with E-state index in [1.54, 1.807) is 16.2 Å². The molecule has 0 aromatic carbocycles. The van der Waals surface area contributed by atoms with Gasteiger partial charge in [0.25, 0.3) is 5.91 Å². The molecule has 0 radical (unpaired) electrons. The van der Waals surface area contributed by atoms with Gasteiger partial charge in [-0.1, -0.05) is 11.3 Å². The Bertz CT molecular complexity index is 465. The molecule has 1 amide bonds. The molecule has 0 aliphatic heterocycles. The number of nitrogens with one attached hydrogen (secondary N) is 1. The molecule has 0 aliphatic carbocycles. The lowest BCUT2D eigenvalue weighted by Gasteiger charge is -2.19. The average Bonchev–Trinajstić information content (AvgIpc) is 2.56. The summed E-state index contributed by atoms with van der Waals surface area (Å²) in [6.45, 7) is 5.80. The molecule has 0 spiro atoms.